The Morgan fingerprint density at radius 1 is 1.40 bits per heavy atom. The summed E-state index contributed by atoms with van der Waals surface area (Å²) in [4.78, 5) is 23.2. The smallest absolute Gasteiger partial charge is 0.200 e. The number of aldehydes is 1. The van der Waals surface area contributed by atoms with Crippen LogP contribution >= 0.6 is 0 Å². The lowest BCUT2D eigenvalue weighted by molar-refractivity contribution is 0.112. The fraction of sp³-hybridized carbons (Fsp3) is 0.273. The summed E-state index contributed by atoms with van der Waals surface area (Å²) in [5.74, 6) is -0.389. The van der Waals surface area contributed by atoms with Gasteiger partial charge < -0.3 is 4.90 Å². The summed E-state index contributed by atoms with van der Waals surface area (Å²) in [6.07, 6.45) is 1.60. The third-order valence-corrected chi connectivity index (χ3v) is 2.69. The van der Waals surface area contributed by atoms with Crippen molar-refractivity contribution in [3.63, 3.8) is 0 Å². The number of fused-ring (bicyclic) bond motifs is 1. The molecule has 0 unspecified atom stereocenters. The largest absolute Gasteiger partial charge is 0.348 e. The summed E-state index contributed by atoms with van der Waals surface area (Å²) in [6.45, 7) is 1.18. The van der Waals surface area contributed by atoms with Crippen molar-refractivity contribution >= 4 is 19.9 Å². The van der Waals surface area contributed by atoms with Crippen LogP contribution in [0.15, 0.2) is 18.2 Å². The van der Waals surface area contributed by atoms with Crippen LogP contribution in [0.4, 0.5) is 4.79 Å². The normalized spacial score (nSPS) is 14.5. The van der Waals surface area contributed by atoms with Crippen LogP contribution in [0.3, 0.4) is 0 Å². The van der Waals surface area contributed by atoms with E-state index in [0.717, 1.165) is 23.8 Å². The number of rotatable bonds is 1. The molecule has 74 valence electrons. The average Bonchev–Trinajstić information content (AvgIpc) is 2.27. The van der Waals surface area contributed by atoms with Gasteiger partial charge in [-0.3, -0.25) is 9.59 Å². The second kappa shape index (κ2) is 3.89. The number of nitrogens with zero attached hydrogens (tertiary/aromatic N) is 1. The van der Waals surface area contributed by atoms with Gasteiger partial charge in [-0.15, -0.1) is 0 Å². The Hall–Kier alpha value is -1.58. The third kappa shape index (κ3) is 1.93. The van der Waals surface area contributed by atoms with E-state index >= 15 is 0 Å². The maximum atomic E-state index is 11.0. The van der Waals surface area contributed by atoms with E-state index in [9.17, 15) is 9.59 Å². The topological polar surface area (TPSA) is 37.4 Å². The lowest BCUT2D eigenvalue weighted by atomic mass is 9.96. The molecule has 0 N–H and O–H groups in total. The molecule has 2 radical (unpaired) electrons. The Bertz CT molecular complexity index is 417. The fourth-order valence-electron chi connectivity index (χ4n) is 1.83. The Morgan fingerprint density at radius 2 is 2.20 bits per heavy atom. The summed E-state index contributed by atoms with van der Waals surface area (Å²) in [5, 5.41) is 0. The lowest BCUT2D eigenvalue weighted by Crippen LogP contribution is -2.35. The molecular weight excluding hydrogens is 189 g/mol. The van der Waals surface area contributed by atoms with Crippen LogP contribution in [0.2, 0.25) is 0 Å². The first-order chi connectivity index (χ1) is 7.20. The summed E-state index contributed by atoms with van der Waals surface area (Å²) in [7, 11) is 5.21. The summed E-state index contributed by atoms with van der Waals surface area (Å²) >= 11 is 0. The van der Waals surface area contributed by atoms with Crippen molar-refractivity contribution in [2.75, 3.05) is 6.54 Å². The Balaban J connectivity index is 2.28. The maximum Gasteiger partial charge on any atom is 0.200 e. The first kappa shape index (κ1) is 9.96. The monoisotopic (exact) mass is 199 g/mol. The third-order valence-electron chi connectivity index (χ3n) is 2.69. The number of amides is 1. The average molecular weight is 199 g/mol. The standard InChI is InChI=1S/C11H10BNO2/c12-11(15)13-4-3-9-5-8(7-14)1-2-10(9)6-13/h1-2,5,7H,3-4,6H2. The molecule has 0 aromatic heterocycles. The number of hydrogen-bond acceptors (Lipinski definition) is 2. The van der Waals surface area contributed by atoms with Crippen LogP contribution in [0.5, 0.6) is 0 Å². The van der Waals surface area contributed by atoms with E-state index in [1.807, 2.05) is 12.1 Å². The van der Waals surface area contributed by atoms with Gasteiger partial charge in [-0.2, -0.15) is 0 Å². The van der Waals surface area contributed by atoms with E-state index in [1.165, 1.54) is 0 Å². The van der Waals surface area contributed by atoms with E-state index in [1.54, 1.807) is 11.0 Å². The zero-order valence-corrected chi connectivity index (χ0v) is 8.27. The van der Waals surface area contributed by atoms with Gasteiger partial charge in [-0.05, 0) is 23.6 Å². The quantitative estimate of drug-likeness (QED) is 0.502. The van der Waals surface area contributed by atoms with E-state index in [0.29, 0.717) is 18.7 Å². The molecule has 0 atom stereocenters. The zero-order valence-electron chi connectivity index (χ0n) is 8.27. The summed E-state index contributed by atoms with van der Waals surface area (Å²) in [6, 6.07) is 5.52. The number of benzene rings is 1. The minimum atomic E-state index is -0.389. The number of hydrogen-bond donors (Lipinski definition) is 0. The van der Waals surface area contributed by atoms with Gasteiger partial charge in [0.2, 0.25) is 7.85 Å². The van der Waals surface area contributed by atoms with Crippen molar-refractivity contribution in [2.24, 2.45) is 0 Å². The van der Waals surface area contributed by atoms with E-state index < -0.39 is 0 Å². The molecule has 0 fully saturated rings. The van der Waals surface area contributed by atoms with Gasteiger partial charge in [-0.1, -0.05) is 12.1 Å². The van der Waals surface area contributed by atoms with Crippen molar-refractivity contribution in [3.8, 4) is 0 Å². The molecule has 1 amide bonds. The van der Waals surface area contributed by atoms with Gasteiger partial charge in [-0.25, -0.2) is 0 Å². The fourth-order valence-corrected chi connectivity index (χ4v) is 1.83. The van der Waals surface area contributed by atoms with Gasteiger partial charge in [0.15, 0.2) is 5.81 Å². The molecule has 2 rings (SSSR count). The highest BCUT2D eigenvalue weighted by Gasteiger charge is 2.17. The molecular formula is C11H10BNO2. The predicted octanol–water partition coefficient (Wildman–Crippen LogP) is 1.15. The lowest BCUT2D eigenvalue weighted by Gasteiger charge is -2.28. The minimum absolute atomic E-state index is 0.389. The van der Waals surface area contributed by atoms with Crippen molar-refractivity contribution in [1.82, 2.24) is 4.90 Å². The SMILES string of the molecule is [B]C(=O)N1CCc2cc(C=O)ccc2C1. The van der Waals surface area contributed by atoms with E-state index in [-0.39, 0.29) is 5.81 Å². The minimum Gasteiger partial charge on any atom is -0.348 e. The van der Waals surface area contributed by atoms with Gasteiger partial charge >= 0.3 is 0 Å². The molecule has 1 aliphatic heterocycles. The highest BCUT2D eigenvalue weighted by atomic mass is 16.1. The van der Waals surface area contributed by atoms with Gasteiger partial charge in [0.05, 0.1) is 0 Å². The molecule has 0 saturated heterocycles. The van der Waals surface area contributed by atoms with Crippen LogP contribution in [0.25, 0.3) is 0 Å². The second-order valence-electron chi connectivity index (χ2n) is 3.66. The first-order valence-corrected chi connectivity index (χ1v) is 4.82. The molecule has 0 aliphatic carbocycles. The summed E-state index contributed by atoms with van der Waals surface area (Å²) in [5.41, 5.74) is 2.89. The van der Waals surface area contributed by atoms with Crippen LogP contribution in [0.1, 0.15) is 21.5 Å². The zero-order chi connectivity index (χ0) is 10.8. The highest BCUT2D eigenvalue weighted by Crippen LogP contribution is 2.19. The van der Waals surface area contributed by atoms with Crippen molar-refractivity contribution in [3.05, 3.63) is 34.9 Å². The summed E-state index contributed by atoms with van der Waals surface area (Å²) < 4.78 is 0. The Labute approximate surface area is 89.5 Å². The van der Waals surface area contributed by atoms with Crippen LogP contribution in [-0.2, 0) is 13.0 Å². The molecule has 3 nitrogen and oxygen atoms in total. The second-order valence-corrected chi connectivity index (χ2v) is 3.66. The van der Waals surface area contributed by atoms with Crippen LogP contribution < -0.4 is 0 Å². The maximum absolute atomic E-state index is 11.0. The highest BCUT2D eigenvalue weighted by molar-refractivity contribution is 6.56. The molecule has 4 heteroatoms. The molecule has 15 heavy (non-hydrogen) atoms. The predicted molar refractivity (Wildman–Crippen MR) is 57.1 cm³/mol. The molecule has 1 aliphatic rings. The molecule has 1 heterocycles. The molecule has 0 bridgehead atoms. The Kier molecular flexibility index (Phi) is 2.58. The Morgan fingerprint density at radius 3 is 2.87 bits per heavy atom. The number of carbonyl (C=O) groups is 2. The van der Waals surface area contributed by atoms with Crippen molar-refractivity contribution in [2.45, 2.75) is 13.0 Å². The first-order valence-electron chi connectivity index (χ1n) is 4.82. The molecule has 1 aromatic carbocycles. The van der Waals surface area contributed by atoms with Crippen LogP contribution in [-0.4, -0.2) is 31.4 Å². The van der Waals surface area contributed by atoms with Crippen molar-refractivity contribution in [1.29, 1.82) is 0 Å². The van der Waals surface area contributed by atoms with Gasteiger partial charge in [0.1, 0.15) is 6.29 Å². The molecule has 1 aromatic rings. The number of carbonyl (C=O) groups excluding carboxylic acids is 2. The molecule has 0 saturated carbocycles. The van der Waals surface area contributed by atoms with Gasteiger partial charge in [0.25, 0.3) is 0 Å². The van der Waals surface area contributed by atoms with Crippen molar-refractivity contribution < 1.29 is 9.59 Å². The van der Waals surface area contributed by atoms with Gasteiger partial charge in [0, 0.05) is 18.7 Å². The van der Waals surface area contributed by atoms with Crippen LogP contribution in [0, 0.1) is 0 Å². The molecule has 0 spiro atoms. The van der Waals surface area contributed by atoms with E-state index in [2.05, 4.69) is 0 Å². The van der Waals surface area contributed by atoms with E-state index in [4.69, 9.17) is 7.85 Å².